The van der Waals surface area contributed by atoms with Crippen molar-refractivity contribution >= 4 is 10.9 Å². The second-order valence-corrected chi connectivity index (χ2v) is 7.52. The number of para-hydroxylation sites is 1. The number of aromatic amines is 1. The van der Waals surface area contributed by atoms with Crippen molar-refractivity contribution in [3.63, 3.8) is 0 Å². The van der Waals surface area contributed by atoms with Crippen LogP contribution in [-0.2, 0) is 0 Å². The molecule has 0 spiro atoms. The summed E-state index contributed by atoms with van der Waals surface area (Å²) in [6.07, 6.45) is 0. The maximum absolute atomic E-state index is 5.62. The van der Waals surface area contributed by atoms with E-state index in [1.165, 1.54) is 33.3 Å². The lowest BCUT2D eigenvalue weighted by atomic mass is 9.83. The molecular weight excluding hydrogens is 348 g/mol. The van der Waals surface area contributed by atoms with Gasteiger partial charge in [0.15, 0.2) is 17.5 Å². The molecule has 2 aliphatic rings. The Morgan fingerprint density at radius 1 is 0.821 bits per heavy atom. The Morgan fingerprint density at radius 2 is 1.64 bits per heavy atom. The van der Waals surface area contributed by atoms with Crippen molar-refractivity contribution in [2.75, 3.05) is 13.3 Å². The molecule has 2 atom stereocenters. The van der Waals surface area contributed by atoms with Crippen LogP contribution >= 0.6 is 0 Å². The van der Waals surface area contributed by atoms with Gasteiger partial charge in [0, 0.05) is 22.0 Å². The van der Waals surface area contributed by atoms with E-state index in [1.807, 2.05) is 6.07 Å². The summed E-state index contributed by atoms with van der Waals surface area (Å²) in [6.45, 7) is 1.32. The monoisotopic (exact) mass is 369 g/mol. The number of nitrogens with one attached hydrogen (secondary N) is 1. The molecule has 4 heteroatoms. The van der Waals surface area contributed by atoms with Crippen molar-refractivity contribution < 1.29 is 14.8 Å². The third kappa shape index (κ3) is 2.35. The van der Waals surface area contributed by atoms with Crippen LogP contribution in [0.3, 0.4) is 0 Å². The topological polar surface area (TPSA) is 50.9 Å². The molecule has 1 aromatic heterocycles. The average molecular weight is 369 g/mol. The molecule has 3 aromatic carbocycles. The number of hydrogen-bond acceptors (Lipinski definition) is 2. The summed E-state index contributed by atoms with van der Waals surface area (Å²) in [6, 6.07) is 26.0. The summed E-state index contributed by atoms with van der Waals surface area (Å²) in [5.74, 6) is 2.05. The van der Waals surface area contributed by atoms with Gasteiger partial charge in [-0.1, -0.05) is 48.5 Å². The lowest BCUT2D eigenvalue weighted by molar-refractivity contribution is -0.692. The summed E-state index contributed by atoms with van der Waals surface area (Å²) in [5, 5.41) is 3.76. The number of rotatable bonds is 2. The molecule has 6 rings (SSSR count). The van der Waals surface area contributed by atoms with E-state index < -0.39 is 0 Å². The van der Waals surface area contributed by atoms with Crippen molar-refractivity contribution in [2.24, 2.45) is 0 Å². The number of hydrogen-bond donors (Lipinski definition) is 2. The first-order valence-electron chi connectivity index (χ1n) is 9.77. The van der Waals surface area contributed by atoms with Gasteiger partial charge in [0.25, 0.3) is 0 Å². The quantitative estimate of drug-likeness (QED) is 0.566. The molecule has 0 radical (unpaired) electrons. The van der Waals surface area contributed by atoms with Crippen LogP contribution < -0.4 is 14.8 Å². The van der Waals surface area contributed by atoms with E-state index in [0.29, 0.717) is 12.7 Å². The van der Waals surface area contributed by atoms with Crippen LogP contribution in [0.5, 0.6) is 11.5 Å². The molecule has 0 fully saturated rings. The summed E-state index contributed by atoms with van der Waals surface area (Å²) in [5.41, 5.74) is 6.53. The van der Waals surface area contributed by atoms with Gasteiger partial charge in [-0.05, 0) is 29.8 Å². The van der Waals surface area contributed by atoms with Gasteiger partial charge in [0.2, 0.25) is 6.79 Å². The highest BCUT2D eigenvalue weighted by Crippen LogP contribution is 2.41. The van der Waals surface area contributed by atoms with Crippen molar-refractivity contribution in [2.45, 2.75) is 12.0 Å². The Morgan fingerprint density at radius 3 is 2.57 bits per heavy atom. The number of aromatic nitrogens is 1. The van der Waals surface area contributed by atoms with Gasteiger partial charge < -0.3 is 19.8 Å². The molecule has 0 saturated carbocycles. The fourth-order valence-electron chi connectivity index (χ4n) is 4.71. The second kappa shape index (κ2) is 6.14. The Hall–Kier alpha value is -3.24. The van der Waals surface area contributed by atoms with E-state index in [2.05, 4.69) is 77.0 Å². The van der Waals surface area contributed by atoms with Gasteiger partial charge in [-0.2, -0.15) is 0 Å². The van der Waals surface area contributed by atoms with Crippen molar-refractivity contribution in [1.82, 2.24) is 4.98 Å². The first kappa shape index (κ1) is 15.8. The molecule has 4 nitrogen and oxygen atoms in total. The minimum Gasteiger partial charge on any atom is -0.454 e. The molecule has 0 amide bonds. The van der Waals surface area contributed by atoms with Crippen molar-refractivity contribution in [3.8, 4) is 11.5 Å². The Labute approximate surface area is 163 Å². The molecule has 138 valence electrons. The van der Waals surface area contributed by atoms with Crippen LogP contribution in [-0.4, -0.2) is 18.3 Å². The van der Waals surface area contributed by atoms with Crippen molar-refractivity contribution in [3.05, 3.63) is 95.2 Å². The number of ether oxygens (including phenoxy) is 2. The maximum atomic E-state index is 5.62. The first-order valence-corrected chi connectivity index (χ1v) is 9.77. The standard InChI is InChI=1S/C24H20N2O2/c1-2-6-15(7-3-1)18-13-25-23(16-10-11-20-21(12-16)28-14-27-20)24-22(18)17-8-4-5-9-19(17)26-24/h1-12,18,23,25-26H,13-14H2/p+1/t18-,23+/m1/s1. The fourth-order valence-corrected chi connectivity index (χ4v) is 4.71. The van der Waals surface area contributed by atoms with Gasteiger partial charge in [-0.3, -0.25) is 0 Å². The van der Waals surface area contributed by atoms with Crippen LogP contribution in [0.15, 0.2) is 72.8 Å². The predicted molar refractivity (Wildman–Crippen MR) is 108 cm³/mol. The highest BCUT2D eigenvalue weighted by atomic mass is 16.7. The van der Waals surface area contributed by atoms with E-state index in [-0.39, 0.29) is 6.04 Å². The smallest absolute Gasteiger partial charge is 0.231 e. The first-order chi connectivity index (χ1) is 13.9. The van der Waals surface area contributed by atoms with Crippen LogP contribution in [0.2, 0.25) is 0 Å². The largest absolute Gasteiger partial charge is 0.454 e. The zero-order valence-corrected chi connectivity index (χ0v) is 15.4. The van der Waals surface area contributed by atoms with Crippen LogP contribution in [0, 0.1) is 0 Å². The summed E-state index contributed by atoms with van der Waals surface area (Å²) < 4.78 is 11.1. The Kier molecular flexibility index (Phi) is 3.46. The SMILES string of the molecule is c1ccc([C@H]2C[NH2+][C@@H](c3ccc4c(c3)OCO4)c3[nH]c4ccccc4c32)cc1. The normalized spacial score (nSPS) is 20.3. The van der Waals surface area contributed by atoms with E-state index in [1.54, 1.807) is 0 Å². The molecule has 28 heavy (non-hydrogen) atoms. The minimum absolute atomic E-state index is 0.219. The third-order valence-electron chi connectivity index (χ3n) is 6.00. The second-order valence-electron chi connectivity index (χ2n) is 7.52. The summed E-state index contributed by atoms with van der Waals surface area (Å²) in [4.78, 5) is 3.73. The molecule has 0 aliphatic carbocycles. The van der Waals surface area contributed by atoms with Gasteiger partial charge in [0.1, 0.15) is 0 Å². The average Bonchev–Trinajstić information content (AvgIpc) is 3.38. The van der Waals surface area contributed by atoms with E-state index in [0.717, 1.165) is 18.0 Å². The predicted octanol–water partition coefficient (Wildman–Crippen LogP) is 3.69. The number of fused-ring (bicyclic) bond motifs is 4. The third-order valence-corrected chi connectivity index (χ3v) is 6.00. The number of benzene rings is 3. The lowest BCUT2D eigenvalue weighted by Crippen LogP contribution is -2.88. The molecule has 4 aromatic rings. The van der Waals surface area contributed by atoms with Gasteiger partial charge in [0.05, 0.1) is 18.2 Å². The summed E-state index contributed by atoms with van der Waals surface area (Å²) >= 11 is 0. The molecule has 2 aliphatic heterocycles. The van der Waals surface area contributed by atoms with Gasteiger partial charge in [-0.25, -0.2) is 0 Å². The number of quaternary nitrogens is 1. The van der Waals surface area contributed by atoms with Crippen LogP contribution in [0.1, 0.15) is 34.3 Å². The van der Waals surface area contributed by atoms with E-state index >= 15 is 0 Å². The lowest BCUT2D eigenvalue weighted by Gasteiger charge is -2.28. The zero-order chi connectivity index (χ0) is 18.5. The molecule has 0 saturated heterocycles. The Bertz CT molecular complexity index is 1170. The van der Waals surface area contributed by atoms with Crippen LogP contribution in [0.4, 0.5) is 0 Å². The maximum Gasteiger partial charge on any atom is 0.231 e. The van der Waals surface area contributed by atoms with Crippen molar-refractivity contribution in [1.29, 1.82) is 0 Å². The van der Waals surface area contributed by atoms with Gasteiger partial charge in [-0.15, -0.1) is 0 Å². The highest BCUT2D eigenvalue weighted by molar-refractivity contribution is 5.86. The van der Waals surface area contributed by atoms with Crippen LogP contribution in [0.25, 0.3) is 10.9 Å². The number of nitrogens with two attached hydrogens (primary N) is 1. The fraction of sp³-hybridized carbons (Fsp3) is 0.167. The molecule has 0 unspecified atom stereocenters. The summed E-state index contributed by atoms with van der Waals surface area (Å²) in [7, 11) is 0. The van der Waals surface area contributed by atoms with E-state index in [9.17, 15) is 0 Å². The molecule has 3 N–H and O–H groups in total. The molecule has 0 bridgehead atoms. The number of H-pyrrole nitrogens is 1. The van der Waals surface area contributed by atoms with E-state index in [4.69, 9.17) is 9.47 Å². The zero-order valence-electron chi connectivity index (χ0n) is 15.4. The molecule has 3 heterocycles. The molecular formula is C24H21N2O2+. The highest BCUT2D eigenvalue weighted by Gasteiger charge is 2.36. The Balaban J connectivity index is 1.53. The van der Waals surface area contributed by atoms with Gasteiger partial charge >= 0.3 is 0 Å². The minimum atomic E-state index is 0.219.